The zero-order chi connectivity index (χ0) is 17.5. The number of H-pyrrole nitrogens is 1. The number of benzene rings is 1. The number of ether oxygens (including phenoxy) is 2. The molecule has 0 radical (unpaired) electrons. The number of nitrogens with one attached hydrogen (secondary N) is 1. The van der Waals surface area contributed by atoms with E-state index in [4.69, 9.17) is 9.47 Å². The lowest BCUT2D eigenvalue weighted by Crippen LogP contribution is -2.36. The van der Waals surface area contributed by atoms with Crippen molar-refractivity contribution in [3.8, 4) is 5.75 Å². The molecule has 0 saturated carbocycles. The summed E-state index contributed by atoms with van der Waals surface area (Å²) in [6, 6.07) is 5.47. The Morgan fingerprint density at radius 3 is 2.83 bits per heavy atom. The molecule has 0 aliphatic carbocycles. The second-order valence-electron chi connectivity index (χ2n) is 7.08. The molecular formula is C18H23N3O3. The number of aromatic nitrogens is 2. The zero-order valence-electron chi connectivity index (χ0n) is 14.5. The van der Waals surface area contributed by atoms with E-state index in [0.29, 0.717) is 13.0 Å². The number of nitrogens with zero attached hydrogens (tertiary/aromatic N) is 2. The molecule has 6 heteroatoms. The maximum Gasteiger partial charge on any atom is 0.411 e. The van der Waals surface area contributed by atoms with E-state index in [0.717, 1.165) is 28.2 Å². The fourth-order valence-corrected chi connectivity index (χ4v) is 2.85. The van der Waals surface area contributed by atoms with Gasteiger partial charge in [0, 0.05) is 12.6 Å². The molecule has 1 aromatic carbocycles. The van der Waals surface area contributed by atoms with Crippen LogP contribution in [0.1, 0.15) is 39.1 Å². The highest BCUT2D eigenvalue weighted by atomic mass is 16.6. The maximum absolute atomic E-state index is 12.5. The predicted molar refractivity (Wildman–Crippen MR) is 92.1 cm³/mol. The quantitative estimate of drug-likeness (QED) is 0.851. The predicted octanol–water partition coefficient (Wildman–Crippen LogP) is 3.81. The van der Waals surface area contributed by atoms with Gasteiger partial charge in [-0.3, -0.25) is 4.90 Å². The molecule has 1 fully saturated rings. The van der Waals surface area contributed by atoms with Gasteiger partial charge in [0.15, 0.2) is 0 Å². The van der Waals surface area contributed by atoms with Gasteiger partial charge in [-0.15, -0.1) is 0 Å². The third-order valence-corrected chi connectivity index (χ3v) is 3.90. The van der Waals surface area contributed by atoms with E-state index in [1.807, 2.05) is 39.0 Å². The van der Waals surface area contributed by atoms with Gasteiger partial charge >= 0.3 is 6.09 Å². The number of aromatic amines is 1. The Bertz CT molecular complexity index is 788. The second kappa shape index (κ2) is 5.85. The number of fused-ring (bicyclic) bond motifs is 1. The van der Waals surface area contributed by atoms with Crippen molar-refractivity contribution in [2.45, 2.75) is 38.8 Å². The third kappa shape index (κ3) is 3.22. The minimum atomic E-state index is -0.535. The fraction of sp³-hybridized carbons (Fsp3) is 0.444. The number of hydrogen-bond donors (Lipinski definition) is 1. The van der Waals surface area contributed by atoms with E-state index < -0.39 is 5.60 Å². The smallest absolute Gasteiger partial charge is 0.411 e. The summed E-state index contributed by atoms with van der Waals surface area (Å²) in [6.07, 6.45) is 0.333. The van der Waals surface area contributed by atoms with Crippen molar-refractivity contribution in [2.24, 2.45) is 0 Å². The SMILES string of the molecule is C=C1C[C@@H](c2nc3ccc(OC)cc3[nH]2)N(C(=O)OC(C)(C)C)C1. The van der Waals surface area contributed by atoms with Gasteiger partial charge in [-0.25, -0.2) is 9.78 Å². The number of methoxy groups -OCH3 is 1. The van der Waals surface area contributed by atoms with Crippen LogP contribution < -0.4 is 4.74 Å². The van der Waals surface area contributed by atoms with Crippen LogP contribution in [0.15, 0.2) is 30.4 Å². The third-order valence-electron chi connectivity index (χ3n) is 3.90. The van der Waals surface area contributed by atoms with Crippen molar-refractivity contribution >= 4 is 17.1 Å². The standard InChI is InChI=1S/C18H23N3O3/c1-11-8-15(21(10-11)17(22)24-18(2,3)4)16-19-13-7-6-12(23-5)9-14(13)20-16/h6-7,9,15H,1,8,10H2,2-5H3,(H,19,20)/t15-/m0/s1. The first-order chi connectivity index (χ1) is 11.3. The lowest BCUT2D eigenvalue weighted by molar-refractivity contribution is 0.0222. The monoisotopic (exact) mass is 329 g/mol. The fourth-order valence-electron chi connectivity index (χ4n) is 2.85. The minimum Gasteiger partial charge on any atom is -0.497 e. The number of imidazole rings is 1. The Labute approximate surface area is 141 Å². The summed E-state index contributed by atoms with van der Waals surface area (Å²) in [5, 5.41) is 0. The number of carbonyl (C=O) groups is 1. The largest absolute Gasteiger partial charge is 0.497 e. The van der Waals surface area contributed by atoms with Crippen LogP contribution in [0.4, 0.5) is 4.79 Å². The molecule has 128 valence electrons. The average molecular weight is 329 g/mol. The van der Waals surface area contributed by atoms with E-state index >= 15 is 0 Å². The van der Waals surface area contributed by atoms with Crippen molar-refractivity contribution in [3.05, 3.63) is 36.2 Å². The summed E-state index contributed by atoms with van der Waals surface area (Å²) >= 11 is 0. The van der Waals surface area contributed by atoms with Gasteiger partial charge in [0.05, 0.1) is 24.2 Å². The first-order valence-corrected chi connectivity index (χ1v) is 7.97. The van der Waals surface area contributed by atoms with Gasteiger partial charge in [-0.2, -0.15) is 0 Å². The summed E-state index contributed by atoms with van der Waals surface area (Å²) in [6.45, 7) is 10.1. The van der Waals surface area contributed by atoms with Crippen LogP contribution in [0.25, 0.3) is 11.0 Å². The zero-order valence-corrected chi connectivity index (χ0v) is 14.5. The molecule has 2 heterocycles. The molecule has 24 heavy (non-hydrogen) atoms. The summed E-state index contributed by atoms with van der Waals surface area (Å²) < 4.78 is 10.8. The van der Waals surface area contributed by atoms with Gasteiger partial charge in [-0.05, 0) is 39.3 Å². The molecular weight excluding hydrogens is 306 g/mol. The van der Waals surface area contributed by atoms with Gasteiger partial charge in [0.2, 0.25) is 0 Å². The first kappa shape index (κ1) is 16.4. The van der Waals surface area contributed by atoms with Crippen molar-refractivity contribution in [1.29, 1.82) is 0 Å². The summed E-state index contributed by atoms with van der Waals surface area (Å²) in [5.41, 5.74) is 2.18. The molecule has 1 amide bonds. The number of rotatable bonds is 2. The molecule has 2 aromatic rings. The molecule has 6 nitrogen and oxygen atoms in total. The Morgan fingerprint density at radius 1 is 1.42 bits per heavy atom. The van der Waals surface area contributed by atoms with Crippen molar-refractivity contribution < 1.29 is 14.3 Å². The van der Waals surface area contributed by atoms with Crippen LogP contribution >= 0.6 is 0 Å². The topological polar surface area (TPSA) is 67.5 Å². The van der Waals surface area contributed by atoms with Gasteiger partial charge in [-0.1, -0.05) is 12.2 Å². The van der Waals surface area contributed by atoms with Gasteiger partial charge in [0.1, 0.15) is 17.2 Å². The lowest BCUT2D eigenvalue weighted by atomic mass is 10.1. The Balaban J connectivity index is 1.91. The van der Waals surface area contributed by atoms with Crippen molar-refractivity contribution in [3.63, 3.8) is 0 Å². The molecule has 1 atom stereocenters. The maximum atomic E-state index is 12.5. The van der Waals surface area contributed by atoms with E-state index in [1.165, 1.54) is 0 Å². The van der Waals surface area contributed by atoms with E-state index in [-0.39, 0.29) is 12.1 Å². The molecule has 0 spiro atoms. The number of likely N-dealkylation sites (tertiary alicyclic amines) is 1. The van der Waals surface area contributed by atoms with E-state index in [9.17, 15) is 4.79 Å². The number of amides is 1. The van der Waals surface area contributed by atoms with Crippen LogP contribution in [0, 0.1) is 0 Å². The van der Waals surface area contributed by atoms with E-state index in [2.05, 4.69) is 16.5 Å². The van der Waals surface area contributed by atoms with E-state index in [1.54, 1.807) is 12.0 Å². The van der Waals surface area contributed by atoms with Gasteiger partial charge in [0.25, 0.3) is 0 Å². The molecule has 1 aromatic heterocycles. The summed E-state index contributed by atoms with van der Waals surface area (Å²) in [5.74, 6) is 1.50. The highest BCUT2D eigenvalue weighted by molar-refractivity contribution is 5.77. The lowest BCUT2D eigenvalue weighted by Gasteiger charge is -2.27. The van der Waals surface area contributed by atoms with Gasteiger partial charge < -0.3 is 14.5 Å². The Morgan fingerprint density at radius 2 is 2.17 bits per heavy atom. The number of carbonyl (C=O) groups excluding carboxylic acids is 1. The molecule has 0 bridgehead atoms. The summed E-state index contributed by atoms with van der Waals surface area (Å²) in [4.78, 5) is 22.1. The number of hydrogen-bond acceptors (Lipinski definition) is 4. The minimum absolute atomic E-state index is 0.189. The average Bonchev–Trinajstić information content (AvgIpc) is 3.07. The van der Waals surface area contributed by atoms with Crippen LogP contribution in [-0.2, 0) is 4.74 Å². The normalized spacial score (nSPS) is 18.2. The second-order valence-corrected chi connectivity index (χ2v) is 7.08. The van der Waals surface area contributed by atoms with Crippen LogP contribution in [0.5, 0.6) is 5.75 Å². The Hall–Kier alpha value is -2.50. The molecule has 3 rings (SSSR count). The van der Waals surface area contributed by atoms with Crippen LogP contribution in [0.3, 0.4) is 0 Å². The molecule has 1 aliphatic rings. The first-order valence-electron chi connectivity index (χ1n) is 7.97. The van der Waals surface area contributed by atoms with Crippen LogP contribution in [0.2, 0.25) is 0 Å². The van der Waals surface area contributed by atoms with Crippen molar-refractivity contribution in [1.82, 2.24) is 14.9 Å². The highest BCUT2D eigenvalue weighted by Crippen LogP contribution is 2.35. The molecule has 1 N–H and O–H groups in total. The van der Waals surface area contributed by atoms with Crippen molar-refractivity contribution in [2.75, 3.05) is 13.7 Å². The Kier molecular flexibility index (Phi) is 3.99. The highest BCUT2D eigenvalue weighted by Gasteiger charge is 2.36. The molecule has 0 unspecified atom stereocenters. The molecule has 1 saturated heterocycles. The van der Waals surface area contributed by atoms with Crippen LogP contribution in [-0.4, -0.2) is 40.2 Å². The summed E-state index contributed by atoms with van der Waals surface area (Å²) in [7, 11) is 1.63. The molecule has 1 aliphatic heterocycles.